The zero-order valence-electron chi connectivity index (χ0n) is 17.3. The molecule has 2 aromatic rings. The summed E-state index contributed by atoms with van der Waals surface area (Å²) in [4.78, 5) is 14.5. The first kappa shape index (κ1) is 21.6. The van der Waals surface area contributed by atoms with Crippen LogP contribution < -0.4 is 14.8 Å². The molecular weight excluding hydrogens is 421 g/mol. The van der Waals surface area contributed by atoms with Gasteiger partial charge >= 0.3 is 6.03 Å². The zero-order chi connectivity index (χ0) is 22.0. The lowest BCUT2D eigenvalue weighted by Crippen LogP contribution is -2.60. The number of halogens is 1. The Morgan fingerprint density at radius 1 is 1.16 bits per heavy atom. The standard InChI is InChI=1S/C22H26FN3O4S/c1-31(28,29)25-18-9-5-12-26-19(18)14-15-6-4-8-17(21(15)23)16-7-2-3-10-20(16)30-13-11-24-22(26)27/h2-4,6-8,10,18-19,25H,5,9,11-14H2,1H3,(H,24,27)/t18-,19-/m0/s1. The highest BCUT2D eigenvalue weighted by Gasteiger charge is 2.36. The summed E-state index contributed by atoms with van der Waals surface area (Å²) in [6.45, 7) is 0.981. The van der Waals surface area contributed by atoms with E-state index in [1.165, 1.54) is 0 Å². The summed E-state index contributed by atoms with van der Waals surface area (Å²) in [5.74, 6) is 0.156. The van der Waals surface area contributed by atoms with Gasteiger partial charge in [0.05, 0.1) is 18.8 Å². The summed E-state index contributed by atoms with van der Waals surface area (Å²) in [6.07, 6.45) is 2.53. The molecule has 9 heteroatoms. The van der Waals surface area contributed by atoms with Crippen molar-refractivity contribution < 1.29 is 22.3 Å². The smallest absolute Gasteiger partial charge is 0.317 e. The van der Waals surface area contributed by atoms with E-state index >= 15 is 4.39 Å². The van der Waals surface area contributed by atoms with Crippen LogP contribution >= 0.6 is 0 Å². The van der Waals surface area contributed by atoms with Gasteiger partial charge in [-0.2, -0.15) is 0 Å². The Morgan fingerprint density at radius 3 is 2.74 bits per heavy atom. The summed E-state index contributed by atoms with van der Waals surface area (Å²) in [5.41, 5.74) is 1.48. The van der Waals surface area contributed by atoms with E-state index in [-0.39, 0.29) is 31.4 Å². The second-order valence-electron chi connectivity index (χ2n) is 7.96. The molecule has 2 aliphatic rings. The number of nitrogens with one attached hydrogen (secondary N) is 2. The van der Waals surface area contributed by atoms with E-state index in [4.69, 9.17) is 4.74 Å². The molecule has 2 amide bonds. The Balaban J connectivity index is 1.78. The fraction of sp³-hybridized carbons (Fsp3) is 0.409. The first-order valence-corrected chi connectivity index (χ1v) is 12.2. The molecule has 0 unspecified atom stereocenters. The molecule has 2 aromatic carbocycles. The third-order valence-electron chi connectivity index (χ3n) is 5.73. The van der Waals surface area contributed by atoms with E-state index in [9.17, 15) is 13.2 Å². The lowest BCUT2D eigenvalue weighted by Gasteiger charge is -2.41. The molecular formula is C22H26FN3O4S. The monoisotopic (exact) mass is 447 g/mol. The normalized spacial score (nSPS) is 22.0. The van der Waals surface area contributed by atoms with Gasteiger partial charge in [-0.25, -0.2) is 22.3 Å². The highest BCUT2D eigenvalue weighted by atomic mass is 32.2. The highest BCUT2D eigenvalue weighted by Crippen LogP contribution is 2.34. The van der Waals surface area contributed by atoms with Crippen LogP contribution in [0.2, 0.25) is 0 Å². The third-order valence-corrected chi connectivity index (χ3v) is 6.46. The molecule has 2 N–H and O–H groups in total. The molecule has 0 saturated carbocycles. The van der Waals surface area contributed by atoms with E-state index in [2.05, 4.69) is 10.0 Å². The van der Waals surface area contributed by atoms with Crippen LogP contribution in [0.15, 0.2) is 42.5 Å². The fourth-order valence-corrected chi connectivity index (χ4v) is 5.21. The van der Waals surface area contributed by atoms with Crippen LogP contribution in [0.25, 0.3) is 11.1 Å². The number of rotatable bonds is 2. The van der Waals surface area contributed by atoms with Crippen LogP contribution in [0.1, 0.15) is 18.4 Å². The van der Waals surface area contributed by atoms with Crippen molar-refractivity contribution in [3.8, 4) is 16.9 Å². The Labute approximate surface area is 181 Å². The SMILES string of the molecule is CS(=O)(=O)N[C@H]1CCCN2C(=O)NCCOc3ccccc3-c3cccc(c3F)C[C@@H]12. The van der Waals surface area contributed by atoms with E-state index in [0.29, 0.717) is 41.8 Å². The molecule has 4 rings (SSSR count). The van der Waals surface area contributed by atoms with Crippen molar-refractivity contribution in [1.29, 1.82) is 0 Å². The molecule has 0 aromatic heterocycles. The van der Waals surface area contributed by atoms with Gasteiger partial charge in [0.25, 0.3) is 0 Å². The maximum absolute atomic E-state index is 15.6. The lowest BCUT2D eigenvalue weighted by atomic mass is 9.90. The third kappa shape index (κ3) is 4.83. The number of carbonyl (C=O) groups excluding carboxylic acids is 1. The average molecular weight is 448 g/mol. The zero-order valence-corrected chi connectivity index (χ0v) is 18.1. The van der Waals surface area contributed by atoms with Gasteiger partial charge in [-0.15, -0.1) is 0 Å². The first-order chi connectivity index (χ1) is 14.8. The summed E-state index contributed by atoms with van der Waals surface area (Å²) in [7, 11) is -3.49. The van der Waals surface area contributed by atoms with Crippen LogP contribution in [0, 0.1) is 5.82 Å². The molecule has 1 saturated heterocycles. The number of piperidine rings is 1. The van der Waals surface area contributed by atoms with Gasteiger partial charge in [0.15, 0.2) is 0 Å². The minimum atomic E-state index is -3.49. The average Bonchev–Trinajstić information content (AvgIpc) is 2.73. The second kappa shape index (κ2) is 8.84. The molecule has 0 radical (unpaired) electrons. The summed E-state index contributed by atoms with van der Waals surface area (Å²) < 4.78 is 48.0. The number of sulfonamides is 1. The van der Waals surface area contributed by atoms with Crippen molar-refractivity contribution in [3.63, 3.8) is 0 Å². The first-order valence-electron chi connectivity index (χ1n) is 10.3. The number of urea groups is 1. The van der Waals surface area contributed by atoms with Crippen molar-refractivity contribution >= 4 is 16.1 Å². The van der Waals surface area contributed by atoms with Crippen LogP contribution in [0.5, 0.6) is 5.75 Å². The predicted molar refractivity (Wildman–Crippen MR) is 116 cm³/mol. The van der Waals surface area contributed by atoms with E-state index in [1.807, 2.05) is 12.1 Å². The Morgan fingerprint density at radius 2 is 1.94 bits per heavy atom. The Kier molecular flexibility index (Phi) is 6.15. The number of amides is 2. The molecule has 0 spiro atoms. The fourth-order valence-electron chi connectivity index (χ4n) is 4.38. The van der Waals surface area contributed by atoms with Gasteiger partial charge in [0, 0.05) is 23.7 Å². The van der Waals surface area contributed by atoms with Crippen molar-refractivity contribution in [2.75, 3.05) is 26.0 Å². The lowest BCUT2D eigenvalue weighted by molar-refractivity contribution is 0.132. The Bertz CT molecular complexity index is 1080. The van der Waals surface area contributed by atoms with Gasteiger partial charge < -0.3 is 15.0 Å². The number of nitrogens with zero attached hydrogens (tertiary/aromatic N) is 1. The van der Waals surface area contributed by atoms with Gasteiger partial charge in [-0.1, -0.05) is 36.4 Å². The maximum Gasteiger partial charge on any atom is 0.317 e. The molecule has 2 atom stereocenters. The minimum absolute atomic E-state index is 0.198. The van der Waals surface area contributed by atoms with Crippen LogP contribution in [-0.2, 0) is 16.4 Å². The number of benzene rings is 2. The van der Waals surface area contributed by atoms with Crippen molar-refractivity contribution in [3.05, 3.63) is 53.8 Å². The summed E-state index contributed by atoms with van der Waals surface area (Å²) in [6, 6.07) is 11.1. The van der Waals surface area contributed by atoms with Gasteiger partial charge in [0.2, 0.25) is 10.0 Å². The number of fused-ring (bicyclic) bond motifs is 5. The summed E-state index contributed by atoms with van der Waals surface area (Å²) in [5, 5.41) is 2.85. The predicted octanol–water partition coefficient (Wildman–Crippen LogP) is 2.52. The van der Waals surface area contributed by atoms with E-state index in [1.54, 1.807) is 35.2 Å². The quantitative estimate of drug-likeness (QED) is 0.741. The largest absolute Gasteiger partial charge is 0.491 e. The van der Waals surface area contributed by atoms with Crippen LogP contribution in [0.4, 0.5) is 9.18 Å². The van der Waals surface area contributed by atoms with E-state index < -0.39 is 22.1 Å². The van der Waals surface area contributed by atoms with Crippen molar-refractivity contribution in [1.82, 2.24) is 14.9 Å². The van der Waals surface area contributed by atoms with Gasteiger partial charge in [-0.3, -0.25) is 0 Å². The molecule has 2 aliphatic heterocycles. The highest BCUT2D eigenvalue weighted by molar-refractivity contribution is 7.88. The maximum atomic E-state index is 15.6. The molecule has 1 fully saturated rings. The molecule has 31 heavy (non-hydrogen) atoms. The van der Waals surface area contributed by atoms with Gasteiger partial charge in [-0.05, 0) is 30.9 Å². The second-order valence-corrected chi connectivity index (χ2v) is 9.74. The minimum Gasteiger partial charge on any atom is -0.491 e. The topological polar surface area (TPSA) is 87.7 Å². The van der Waals surface area contributed by atoms with Crippen molar-refractivity contribution in [2.24, 2.45) is 0 Å². The number of hydrogen-bond acceptors (Lipinski definition) is 4. The van der Waals surface area contributed by atoms with E-state index in [0.717, 1.165) is 6.26 Å². The number of hydrogen-bond donors (Lipinski definition) is 2. The number of para-hydroxylation sites is 1. The molecule has 2 bridgehead atoms. The van der Waals surface area contributed by atoms with Gasteiger partial charge in [0.1, 0.15) is 18.2 Å². The Hall–Kier alpha value is -2.65. The summed E-state index contributed by atoms with van der Waals surface area (Å²) >= 11 is 0. The van der Waals surface area contributed by atoms with Crippen LogP contribution in [0.3, 0.4) is 0 Å². The number of carbonyl (C=O) groups is 1. The van der Waals surface area contributed by atoms with Crippen molar-refractivity contribution in [2.45, 2.75) is 31.3 Å². The molecule has 0 aliphatic carbocycles. The molecule has 2 heterocycles. The van der Waals surface area contributed by atoms with Crippen LogP contribution in [-0.4, -0.2) is 57.4 Å². The molecule has 166 valence electrons. The number of ether oxygens (including phenoxy) is 1. The molecule has 7 nitrogen and oxygen atoms in total.